The van der Waals surface area contributed by atoms with Gasteiger partial charge in [-0.1, -0.05) is 6.07 Å². The van der Waals surface area contributed by atoms with Gasteiger partial charge in [-0.15, -0.1) is 0 Å². The second kappa shape index (κ2) is 4.71. The van der Waals surface area contributed by atoms with Gasteiger partial charge in [0.2, 0.25) is 0 Å². The smallest absolute Gasteiger partial charge is 0.343 e. The van der Waals surface area contributed by atoms with E-state index < -0.39 is 5.97 Å². The first kappa shape index (κ1) is 11.9. The van der Waals surface area contributed by atoms with Gasteiger partial charge in [0, 0.05) is 16.1 Å². The molecule has 2 rings (SSSR count). The molecule has 0 aliphatic carbocycles. The topological polar surface area (TPSA) is 59.4 Å². The number of rotatable bonds is 2. The zero-order valence-electron chi connectivity index (χ0n) is 9.11. The number of benzene rings is 1. The first-order valence-electron chi connectivity index (χ1n) is 5.08. The van der Waals surface area contributed by atoms with Gasteiger partial charge < -0.3 is 9.84 Å². The van der Waals surface area contributed by atoms with Crippen molar-refractivity contribution in [1.29, 1.82) is 0 Å². The van der Waals surface area contributed by atoms with Gasteiger partial charge >= 0.3 is 5.97 Å². The van der Waals surface area contributed by atoms with E-state index in [1.807, 2.05) is 6.07 Å². The Balaban J connectivity index is 2.62. The van der Waals surface area contributed by atoms with E-state index in [1.165, 1.54) is 6.20 Å². The van der Waals surface area contributed by atoms with Crippen LogP contribution in [0.3, 0.4) is 0 Å². The molecule has 0 saturated heterocycles. The molecule has 0 atom stereocenters. The van der Waals surface area contributed by atoms with Crippen LogP contribution in [0.15, 0.2) is 28.9 Å². The highest BCUT2D eigenvalue weighted by Gasteiger charge is 2.16. The van der Waals surface area contributed by atoms with E-state index in [-0.39, 0.29) is 17.9 Å². The molecule has 17 heavy (non-hydrogen) atoms. The number of carbonyl (C=O) groups is 1. The fourth-order valence-corrected chi connectivity index (χ4v) is 2.00. The fraction of sp³-hybridized carbons (Fsp3) is 0.167. The van der Waals surface area contributed by atoms with Crippen molar-refractivity contribution in [2.24, 2.45) is 0 Å². The molecule has 88 valence electrons. The van der Waals surface area contributed by atoms with Crippen LogP contribution in [-0.4, -0.2) is 22.7 Å². The molecule has 1 heterocycles. The molecular weight excluding hydrogens is 286 g/mol. The van der Waals surface area contributed by atoms with E-state index in [2.05, 4.69) is 20.9 Å². The van der Waals surface area contributed by atoms with Crippen molar-refractivity contribution in [3.8, 4) is 5.75 Å². The van der Waals surface area contributed by atoms with Crippen LogP contribution in [0.1, 0.15) is 17.3 Å². The van der Waals surface area contributed by atoms with Crippen molar-refractivity contribution in [3.63, 3.8) is 0 Å². The minimum Gasteiger partial charge on any atom is -0.506 e. The number of esters is 1. The molecule has 0 aliphatic heterocycles. The zero-order chi connectivity index (χ0) is 12.4. The van der Waals surface area contributed by atoms with Crippen molar-refractivity contribution in [3.05, 3.63) is 34.4 Å². The van der Waals surface area contributed by atoms with Crippen molar-refractivity contribution in [1.82, 2.24) is 4.98 Å². The Morgan fingerprint density at radius 1 is 1.53 bits per heavy atom. The summed E-state index contributed by atoms with van der Waals surface area (Å²) >= 11 is 3.33. The summed E-state index contributed by atoms with van der Waals surface area (Å²) in [4.78, 5) is 15.7. The van der Waals surface area contributed by atoms with Gasteiger partial charge in [0.05, 0.1) is 12.1 Å². The second-order valence-electron chi connectivity index (χ2n) is 3.38. The summed E-state index contributed by atoms with van der Waals surface area (Å²) in [7, 11) is 0. The maximum absolute atomic E-state index is 11.6. The van der Waals surface area contributed by atoms with E-state index in [1.54, 1.807) is 19.1 Å². The van der Waals surface area contributed by atoms with Crippen molar-refractivity contribution in [2.45, 2.75) is 6.92 Å². The van der Waals surface area contributed by atoms with Crippen molar-refractivity contribution >= 4 is 32.8 Å². The highest BCUT2D eigenvalue weighted by Crippen LogP contribution is 2.31. The quantitative estimate of drug-likeness (QED) is 0.866. The lowest BCUT2D eigenvalue weighted by molar-refractivity contribution is 0.0523. The maximum Gasteiger partial charge on any atom is 0.343 e. The molecule has 0 saturated carbocycles. The number of nitrogens with zero attached hydrogens (tertiary/aromatic N) is 1. The Morgan fingerprint density at radius 3 is 3.00 bits per heavy atom. The Bertz CT molecular complexity index is 583. The number of aromatic nitrogens is 1. The number of hydrogen-bond donors (Lipinski definition) is 1. The SMILES string of the molecule is CCOC(=O)c1cnc2c(Br)cccc2c1O. The molecule has 0 fully saturated rings. The molecule has 5 heteroatoms. The first-order chi connectivity index (χ1) is 8.15. The Kier molecular flexibility index (Phi) is 3.28. The summed E-state index contributed by atoms with van der Waals surface area (Å²) in [6.07, 6.45) is 1.32. The van der Waals surface area contributed by atoms with Crippen LogP contribution >= 0.6 is 15.9 Å². The van der Waals surface area contributed by atoms with Gasteiger partial charge in [0.25, 0.3) is 0 Å². The van der Waals surface area contributed by atoms with Crippen LogP contribution < -0.4 is 0 Å². The van der Waals surface area contributed by atoms with E-state index >= 15 is 0 Å². The zero-order valence-corrected chi connectivity index (χ0v) is 10.7. The number of carbonyl (C=O) groups excluding carboxylic acids is 1. The third-order valence-electron chi connectivity index (χ3n) is 2.32. The Hall–Kier alpha value is -1.62. The van der Waals surface area contributed by atoms with E-state index in [0.29, 0.717) is 10.9 Å². The predicted octanol–water partition coefficient (Wildman–Crippen LogP) is 2.88. The molecule has 0 radical (unpaired) electrons. The van der Waals surface area contributed by atoms with Gasteiger partial charge in [-0.05, 0) is 35.0 Å². The van der Waals surface area contributed by atoms with Gasteiger partial charge in [-0.25, -0.2) is 4.79 Å². The summed E-state index contributed by atoms with van der Waals surface area (Å²) in [6, 6.07) is 5.28. The average molecular weight is 296 g/mol. The number of para-hydroxylation sites is 1. The maximum atomic E-state index is 11.6. The molecule has 0 spiro atoms. The minimum atomic E-state index is -0.570. The fourth-order valence-electron chi connectivity index (χ4n) is 1.53. The standard InChI is InChI=1S/C12H10BrNO3/c1-2-17-12(16)8-6-14-10-7(11(8)15)4-3-5-9(10)13/h3-6H,2H2,1H3,(H,14,15). The highest BCUT2D eigenvalue weighted by atomic mass is 79.9. The largest absolute Gasteiger partial charge is 0.506 e. The first-order valence-corrected chi connectivity index (χ1v) is 5.87. The summed E-state index contributed by atoms with van der Waals surface area (Å²) in [6.45, 7) is 1.97. The molecule has 0 unspecified atom stereocenters. The third-order valence-corrected chi connectivity index (χ3v) is 2.96. The molecular formula is C12H10BrNO3. The van der Waals surface area contributed by atoms with Gasteiger partial charge in [-0.2, -0.15) is 0 Å². The molecule has 0 bridgehead atoms. The van der Waals surface area contributed by atoms with Gasteiger partial charge in [-0.3, -0.25) is 4.98 Å². The molecule has 2 aromatic rings. The highest BCUT2D eigenvalue weighted by molar-refractivity contribution is 9.10. The third kappa shape index (κ3) is 2.10. The van der Waals surface area contributed by atoms with E-state index in [4.69, 9.17) is 4.74 Å². The number of ether oxygens (including phenoxy) is 1. The van der Waals surface area contributed by atoms with Crippen LogP contribution in [0.2, 0.25) is 0 Å². The average Bonchev–Trinajstić information content (AvgIpc) is 2.31. The predicted molar refractivity (Wildman–Crippen MR) is 67.1 cm³/mol. The number of halogens is 1. The lowest BCUT2D eigenvalue weighted by Gasteiger charge is -2.07. The number of aromatic hydroxyl groups is 1. The number of hydrogen-bond acceptors (Lipinski definition) is 4. The van der Waals surface area contributed by atoms with Crippen LogP contribution in [0, 0.1) is 0 Å². The summed E-state index contributed by atoms with van der Waals surface area (Å²) in [5.74, 6) is -0.672. The number of fused-ring (bicyclic) bond motifs is 1. The van der Waals surface area contributed by atoms with Crippen LogP contribution in [-0.2, 0) is 4.74 Å². The second-order valence-corrected chi connectivity index (χ2v) is 4.23. The van der Waals surface area contributed by atoms with Crippen LogP contribution in [0.5, 0.6) is 5.75 Å². The molecule has 4 nitrogen and oxygen atoms in total. The molecule has 1 aromatic heterocycles. The van der Waals surface area contributed by atoms with Crippen molar-refractivity contribution < 1.29 is 14.6 Å². The lowest BCUT2D eigenvalue weighted by Crippen LogP contribution is -2.05. The molecule has 1 N–H and O–H groups in total. The Morgan fingerprint density at radius 2 is 2.29 bits per heavy atom. The van der Waals surface area contributed by atoms with Crippen LogP contribution in [0.4, 0.5) is 0 Å². The van der Waals surface area contributed by atoms with E-state index in [0.717, 1.165) is 4.47 Å². The van der Waals surface area contributed by atoms with Crippen molar-refractivity contribution in [2.75, 3.05) is 6.61 Å². The molecule has 0 aliphatic rings. The van der Waals surface area contributed by atoms with Gasteiger partial charge in [0.1, 0.15) is 11.3 Å². The normalized spacial score (nSPS) is 10.5. The summed E-state index contributed by atoms with van der Waals surface area (Å²) in [5, 5.41) is 10.5. The summed E-state index contributed by atoms with van der Waals surface area (Å²) in [5.41, 5.74) is 0.690. The summed E-state index contributed by atoms with van der Waals surface area (Å²) < 4.78 is 5.60. The van der Waals surface area contributed by atoms with E-state index in [9.17, 15) is 9.90 Å². The van der Waals surface area contributed by atoms with Gasteiger partial charge in [0.15, 0.2) is 0 Å². The number of pyridine rings is 1. The van der Waals surface area contributed by atoms with Crippen LogP contribution in [0.25, 0.3) is 10.9 Å². The monoisotopic (exact) mass is 295 g/mol. The minimum absolute atomic E-state index is 0.0810. The lowest BCUT2D eigenvalue weighted by atomic mass is 10.1. The molecule has 1 aromatic carbocycles. The molecule has 0 amide bonds. The Labute approximate surface area is 106 Å².